The molecule has 1 aromatic heterocycles. The van der Waals surface area contributed by atoms with Crippen molar-refractivity contribution in [3.05, 3.63) is 43.6 Å². The number of benzene rings is 1. The summed E-state index contributed by atoms with van der Waals surface area (Å²) in [5.74, 6) is -0.747. The fourth-order valence-electron chi connectivity index (χ4n) is 1.51. The number of phenolic OH excluding ortho intramolecular Hbond substituents is 1. The number of halogens is 1. The van der Waals surface area contributed by atoms with Crippen LogP contribution in [0.5, 0.6) is 5.75 Å². The number of non-ortho nitro benzene ring substituents is 1. The lowest BCUT2D eigenvalue weighted by atomic mass is 10.1. The second kappa shape index (κ2) is 4.08. The number of aromatic hydroxyl groups is 1. The van der Waals surface area contributed by atoms with Crippen molar-refractivity contribution in [2.45, 2.75) is 0 Å². The Hall–Kier alpha value is -2.48. The summed E-state index contributed by atoms with van der Waals surface area (Å²) in [4.78, 5) is 23.5. The molecule has 0 fully saturated rings. The van der Waals surface area contributed by atoms with E-state index in [4.69, 9.17) is 11.6 Å². The molecule has 9 heteroatoms. The van der Waals surface area contributed by atoms with Crippen molar-refractivity contribution < 1.29 is 15.0 Å². The van der Waals surface area contributed by atoms with Crippen molar-refractivity contribution >= 4 is 33.9 Å². The molecule has 0 aliphatic carbocycles. The predicted molar refractivity (Wildman–Crippen MR) is 61.7 cm³/mol. The monoisotopic (exact) mass is 269 g/mol. The van der Waals surface area contributed by atoms with Gasteiger partial charge in [-0.3, -0.25) is 20.2 Å². The molecule has 0 atom stereocenters. The Labute approximate surface area is 104 Å². The number of nitrogens with zero attached hydrogens (tertiary/aromatic N) is 3. The van der Waals surface area contributed by atoms with Gasteiger partial charge in [0.2, 0.25) is 5.75 Å². The molecule has 0 radical (unpaired) electrons. The summed E-state index contributed by atoms with van der Waals surface area (Å²) in [6.45, 7) is 0. The van der Waals surface area contributed by atoms with Gasteiger partial charge in [0, 0.05) is 0 Å². The summed E-state index contributed by atoms with van der Waals surface area (Å²) in [5.41, 5.74) is -1.58. The Morgan fingerprint density at radius 2 is 1.78 bits per heavy atom. The van der Waals surface area contributed by atoms with E-state index >= 15 is 0 Å². The molecule has 18 heavy (non-hydrogen) atoms. The topological polar surface area (TPSA) is 119 Å². The lowest BCUT2D eigenvalue weighted by Crippen LogP contribution is -1.96. The van der Waals surface area contributed by atoms with Gasteiger partial charge in [0.05, 0.1) is 21.3 Å². The minimum absolute atomic E-state index is 0.0208. The minimum atomic E-state index is -0.926. The third kappa shape index (κ3) is 1.78. The summed E-state index contributed by atoms with van der Waals surface area (Å²) in [6.07, 6.45) is 0. The molecule has 8 nitrogen and oxygen atoms in total. The number of fused-ring (bicyclic) bond motifs is 1. The van der Waals surface area contributed by atoms with Gasteiger partial charge in [-0.05, 0) is 12.1 Å². The molecular formula is C9H4ClN3O5. The first-order valence-electron chi connectivity index (χ1n) is 4.53. The molecule has 0 amide bonds. The van der Waals surface area contributed by atoms with Crippen LogP contribution in [0.25, 0.3) is 10.9 Å². The van der Waals surface area contributed by atoms with Crippen LogP contribution >= 0.6 is 11.6 Å². The van der Waals surface area contributed by atoms with E-state index < -0.39 is 27.0 Å². The summed E-state index contributed by atoms with van der Waals surface area (Å²) in [5, 5.41) is 31.1. The Bertz CT molecular complexity index is 687. The van der Waals surface area contributed by atoms with Gasteiger partial charge in [-0.1, -0.05) is 11.6 Å². The van der Waals surface area contributed by atoms with Crippen LogP contribution in [0.3, 0.4) is 0 Å². The average molecular weight is 270 g/mol. The van der Waals surface area contributed by atoms with Crippen molar-refractivity contribution in [2.24, 2.45) is 0 Å². The van der Waals surface area contributed by atoms with Crippen molar-refractivity contribution in [3.63, 3.8) is 0 Å². The van der Waals surface area contributed by atoms with Crippen molar-refractivity contribution in [1.29, 1.82) is 0 Å². The summed E-state index contributed by atoms with van der Waals surface area (Å²) in [6, 6.07) is 3.25. The molecule has 0 saturated carbocycles. The van der Waals surface area contributed by atoms with Gasteiger partial charge in [-0.2, -0.15) is 0 Å². The highest BCUT2D eigenvalue weighted by atomic mass is 35.5. The van der Waals surface area contributed by atoms with Crippen LogP contribution in [0.4, 0.5) is 11.4 Å². The Kier molecular flexibility index (Phi) is 2.71. The molecular weight excluding hydrogens is 266 g/mol. The van der Waals surface area contributed by atoms with E-state index in [1.54, 1.807) is 0 Å². The van der Waals surface area contributed by atoms with Crippen LogP contribution in [0.15, 0.2) is 18.2 Å². The van der Waals surface area contributed by atoms with Crippen LogP contribution in [0.1, 0.15) is 0 Å². The van der Waals surface area contributed by atoms with Gasteiger partial charge in [0.15, 0.2) is 0 Å². The van der Waals surface area contributed by atoms with Gasteiger partial charge in [-0.25, -0.2) is 4.98 Å². The average Bonchev–Trinajstić information content (AvgIpc) is 2.29. The Balaban J connectivity index is 2.97. The number of phenols is 1. The number of hydrogen-bond donors (Lipinski definition) is 1. The third-order valence-electron chi connectivity index (χ3n) is 2.27. The Morgan fingerprint density at radius 3 is 2.33 bits per heavy atom. The smallest absolute Gasteiger partial charge is 0.319 e. The van der Waals surface area contributed by atoms with E-state index in [0.717, 1.165) is 0 Å². The summed E-state index contributed by atoms with van der Waals surface area (Å²) in [7, 11) is 0. The molecule has 0 unspecified atom stereocenters. The van der Waals surface area contributed by atoms with Crippen LogP contribution in [-0.2, 0) is 0 Å². The van der Waals surface area contributed by atoms with E-state index in [-0.39, 0.29) is 16.1 Å². The minimum Gasteiger partial charge on any atom is -0.501 e. The van der Waals surface area contributed by atoms with E-state index in [1.807, 2.05) is 0 Å². The van der Waals surface area contributed by atoms with Crippen molar-refractivity contribution in [2.75, 3.05) is 0 Å². The molecule has 0 spiro atoms. The summed E-state index contributed by atoms with van der Waals surface area (Å²) < 4.78 is 0. The zero-order valence-corrected chi connectivity index (χ0v) is 9.29. The molecule has 2 rings (SSSR count). The van der Waals surface area contributed by atoms with Crippen LogP contribution < -0.4 is 0 Å². The maximum atomic E-state index is 10.8. The normalized spacial score (nSPS) is 10.5. The first kappa shape index (κ1) is 12.0. The second-order valence-electron chi connectivity index (χ2n) is 3.31. The highest BCUT2D eigenvalue weighted by molar-refractivity contribution is 6.30. The van der Waals surface area contributed by atoms with Gasteiger partial charge in [0.1, 0.15) is 10.7 Å². The van der Waals surface area contributed by atoms with Gasteiger partial charge in [-0.15, -0.1) is 0 Å². The van der Waals surface area contributed by atoms with Gasteiger partial charge < -0.3 is 5.11 Å². The zero-order valence-electron chi connectivity index (χ0n) is 8.53. The van der Waals surface area contributed by atoms with E-state index in [9.17, 15) is 25.3 Å². The van der Waals surface area contributed by atoms with Crippen LogP contribution in [0.2, 0.25) is 5.15 Å². The number of hydrogen-bond acceptors (Lipinski definition) is 6. The zero-order chi connectivity index (χ0) is 13.4. The lowest BCUT2D eigenvalue weighted by molar-refractivity contribution is -0.393. The van der Waals surface area contributed by atoms with Crippen LogP contribution in [0, 0.1) is 20.2 Å². The second-order valence-corrected chi connectivity index (χ2v) is 3.70. The number of aromatic nitrogens is 1. The molecule has 0 bridgehead atoms. The molecule has 2 aromatic rings. The molecule has 1 N–H and O–H groups in total. The fourth-order valence-corrected chi connectivity index (χ4v) is 1.66. The van der Waals surface area contributed by atoms with E-state index in [1.165, 1.54) is 12.1 Å². The van der Waals surface area contributed by atoms with E-state index in [0.29, 0.717) is 6.07 Å². The first-order valence-corrected chi connectivity index (χ1v) is 4.90. The highest BCUT2D eigenvalue weighted by Crippen LogP contribution is 2.39. The number of pyridine rings is 1. The molecule has 1 aromatic carbocycles. The first-order chi connectivity index (χ1) is 8.41. The molecule has 1 heterocycles. The molecule has 0 aliphatic heterocycles. The van der Waals surface area contributed by atoms with E-state index in [2.05, 4.69) is 4.98 Å². The van der Waals surface area contributed by atoms with Crippen molar-refractivity contribution in [3.8, 4) is 5.75 Å². The number of nitro groups is 2. The molecule has 0 saturated heterocycles. The maximum Gasteiger partial charge on any atom is 0.319 e. The largest absolute Gasteiger partial charge is 0.501 e. The number of rotatable bonds is 2. The lowest BCUT2D eigenvalue weighted by Gasteiger charge is -2.03. The fraction of sp³-hybridized carbons (Fsp3) is 0. The quantitative estimate of drug-likeness (QED) is 0.508. The maximum absolute atomic E-state index is 10.8. The van der Waals surface area contributed by atoms with Gasteiger partial charge >= 0.3 is 5.69 Å². The third-order valence-corrected chi connectivity index (χ3v) is 2.48. The highest BCUT2D eigenvalue weighted by Gasteiger charge is 2.26. The number of nitro benzene ring substituents is 2. The molecule has 0 aliphatic rings. The predicted octanol–water partition coefficient (Wildman–Crippen LogP) is 2.41. The standard InChI is InChI=1S/C9H4ClN3O5/c10-7-2-1-4-5(12(15)16)3-6(13(17)18)9(14)8(4)11-7/h1-3,14H. The van der Waals surface area contributed by atoms with Crippen LogP contribution in [-0.4, -0.2) is 19.9 Å². The molecule has 92 valence electrons. The van der Waals surface area contributed by atoms with Gasteiger partial charge in [0.25, 0.3) is 5.69 Å². The Morgan fingerprint density at radius 1 is 1.17 bits per heavy atom. The summed E-state index contributed by atoms with van der Waals surface area (Å²) >= 11 is 5.59. The SMILES string of the molecule is O=[N+]([O-])c1cc([N+](=O)[O-])c2ccc(Cl)nc2c1O. The van der Waals surface area contributed by atoms with Crippen molar-refractivity contribution in [1.82, 2.24) is 4.98 Å².